The van der Waals surface area contributed by atoms with Crippen molar-refractivity contribution >= 4 is 28.1 Å². The zero-order valence-electron chi connectivity index (χ0n) is 18.4. The van der Waals surface area contributed by atoms with E-state index in [2.05, 4.69) is 52.3 Å². The standard InChI is InChI=1S/C27H29BrO4/c1-27(2)31-23-19-22(28)24(29-17-9-15-20-11-5-3-6-12-20)26(25(23)32-27)30-18-10-16-21-13-7-4-8-14-21/h3-16,19,23-26H,17-18H2,1-2H3/b15-9+,16-10+/t23-,24-,25-,26-/m1/s1. The van der Waals surface area contributed by atoms with Crippen molar-refractivity contribution < 1.29 is 18.9 Å². The van der Waals surface area contributed by atoms with Crippen molar-refractivity contribution in [2.24, 2.45) is 0 Å². The van der Waals surface area contributed by atoms with Gasteiger partial charge < -0.3 is 18.9 Å². The van der Waals surface area contributed by atoms with Gasteiger partial charge in [-0.3, -0.25) is 0 Å². The molecule has 2 aliphatic rings. The molecule has 5 heteroatoms. The minimum absolute atomic E-state index is 0.179. The molecule has 1 heterocycles. The van der Waals surface area contributed by atoms with Gasteiger partial charge in [0, 0.05) is 4.48 Å². The molecule has 1 aliphatic carbocycles. The normalized spacial score (nSPS) is 27.0. The van der Waals surface area contributed by atoms with Crippen LogP contribution in [0.15, 0.2) is 83.4 Å². The van der Waals surface area contributed by atoms with Crippen LogP contribution in [-0.4, -0.2) is 43.4 Å². The monoisotopic (exact) mass is 496 g/mol. The fraction of sp³-hybridized carbons (Fsp3) is 0.333. The molecule has 2 aromatic carbocycles. The Kier molecular flexibility index (Phi) is 7.76. The van der Waals surface area contributed by atoms with Gasteiger partial charge in [0.25, 0.3) is 0 Å². The van der Waals surface area contributed by atoms with E-state index in [1.165, 1.54) is 0 Å². The lowest BCUT2D eigenvalue weighted by Crippen LogP contribution is -2.49. The van der Waals surface area contributed by atoms with E-state index in [-0.39, 0.29) is 24.4 Å². The van der Waals surface area contributed by atoms with Crippen LogP contribution < -0.4 is 0 Å². The first-order valence-electron chi connectivity index (χ1n) is 10.9. The third kappa shape index (κ3) is 6.06. The smallest absolute Gasteiger partial charge is 0.164 e. The zero-order chi connectivity index (χ0) is 22.4. The predicted molar refractivity (Wildman–Crippen MR) is 131 cm³/mol. The Bertz CT molecular complexity index is 952. The topological polar surface area (TPSA) is 36.9 Å². The molecule has 0 spiro atoms. The van der Waals surface area contributed by atoms with Gasteiger partial charge in [-0.1, -0.05) is 101 Å². The van der Waals surface area contributed by atoms with Crippen molar-refractivity contribution in [2.45, 2.75) is 44.1 Å². The number of ether oxygens (including phenoxy) is 4. The van der Waals surface area contributed by atoms with Gasteiger partial charge in [-0.15, -0.1) is 0 Å². The molecule has 2 aromatic rings. The Morgan fingerprint density at radius 2 is 1.41 bits per heavy atom. The van der Waals surface area contributed by atoms with E-state index in [9.17, 15) is 0 Å². The molecule has 4 nitrogen and oxygen atoms in total. The molecule has 168 valence electrons. The van der Waals surface area contributed by atoms with E-state index in [4.69, 9.17) is 18.9 Å². The summed E-state index contributed by atoms with van der Waals surface area (Å²) in [5.74, 6) is -0.664. The summed E-state index contributed by atoms with van der Waals surface area (Å²) in [6.07, 6.45) is 9.19. The molecule has 0 N–H and O–H groups in total. The average Bonchev–Trinajstić information content (AvgIpc) is 3.10. The van der Waals surface area contributed by atoms with Crippen LogP contribution in [0, 0.1) is 0 Å². The lowest BCUT2D eigenvalue weighted by Gasteiger charge is -2.35. The molecule has 1 aliphatic heterocycles. The van der Waals surface area contributed by atoms with E-state index in [0.717, 1.165) is 15.6 Å². The van der Waals surface area contributed by atoms with Crippen molar-refractivity contribution in [1.29, 1.82) is 0 Å². The number of rotatable bonds is 8. The lowest BCUT2D eigenvalue weighted by molar-refractivity contribution is -0.167. The summed E-state index contributed by atoms with van der Waals surface area (Å²) in [6, 6.07) is 20.4. The van der Waals surface area contributed by atoms with Crippen molar-refractivity contribution in [3.8, 4) is 0 Å². The first-order valence-corrected chi connectivity index (χ1v) is 11.7. The maximum Gasteiger partial charge on any atom is 0.164 e. The van der Waals surface area contributed by atoms with Crippen LogP contribution in [-0.2, 0) is 18.9 Å². The minimum Gasteiger partial charge on any atom is -0.368 e. The Morgan fingerprint density at radius 3 is 2.00 bits per heavy atom. The van der Waals surface area contributed by atoms with Crippen LogP contribution in [0.25, 0.3) is 12.2 Å². The molecule has 0 aromatic heterocycles. The summed E-state index contributed by atoms with van der Waals surface area (Å²) < 4.78 is 25.7. The Hall–Kier alpha value is -2.02. The SMILES string of the molecule is CC1(C)O[C@H]2[C@H](OC/C=C/c3ccccc3)[C@H](OC/C=C/c3ccccc3)C(Br)=C[C@H]2O1. The average molecular weight is 497 g/mol. The first kappa shape index (κ1) is 23.1. The lowest BCUT2D eigenvalue weighted by atomic mass is 9.96. The summed E-state index contributed by atoms with van der Waals surface area (Å²) >= 11 is 3.69. The van der Waals surface area contributed by atoms with E-state index in [1.807, 2.05) is 68.5 Å². The van der Waals surface area contributed by atoms with Crippen molar-refractivity contribution in [1.82, 2.24) is 0 Å². The largest absolute Gasteiger partial charge is 0.368 e. The van der Waals surface area contributed by atoms with Crippen molar-refractivity contribution in [3.63, 3.8) is 0 Å². The zero-order valence-corrected chi connectivity index (χ0v) is 20.0. The molecule has 0 saturated carbocycles. The van der Waals surface area contributed by atoms with Crippen LogP contribution >= 0.6 is 15.9 Å². The van der Waals surface area contributed by atoms with Crippen molar-refractivity contribution in [2.75, 3.05) is 13.2 Å². The quantitative estimate of drug-likeness (QED) is 0.449. The summed E-state index contributed by atoms with van der Waals surface area (Å²) in [7, 11) is 0. The third-order valence-corrected chi connectivity index (χ3v) is 6.07. The molecular weight excluding hydrogens is 468 g/mol. The van der Waals surface area contributed by atoms with E-state index in [0.29, 0.717) is 13.2 Å². The predicted octanol–water partition coefficient (Wildman–Crippen LogP) is 6.00. The Morgan fingerprint density at radius 1 is 0.844 bits per heavy atom. The Labute approximate surface area is 198 Å². The highest BCUT2D eigenvalue weighted by Gasteiger charge is 2.50. The van der Waals surface area contributed by atoms with Gasteiger partial charge in [-0.25, -0.2) is 0 Å². The van der Waals surface area contributed by atoms with Gasteiger partial charge in [0.1, 0.15) is 24.4 Å². The second-order valence-electron chi connectivity index (χ2n) is 8.29. The van der Waals surface area contributed by atoms with Gasteiger partial charge in [0.05, 0.1) is 13.2 Å². The highest BCUT2D eigenvalue weighted by molar-refractivity contribution is 9.11. The maximum atomic E-state index is 6.30. The van der Waals surface area contributed by atoms with Gasteiger partial charge in [0.2, 0.25) is 0 Å². The molecule has 4 rings (SSSR count). The van der Waals surface area contributed by atoms with Gasteiger partial charge in [-0.05, 0) is 31.1 Å². The van der Waals surface area contributed by atoms with E-state index >= 15 is 0 Å². The molecule has 0 radical (unpaired) electrons. The fourth-order valence-electron chi connectivity index (χ4n) is 3.96. The first-order chi connectivity index (χ1) is 15.5. The van der Waals surface area contributed by atoms with Crippen LogP contribution in [0.5, 0.6) is 0 Å². The van der Waals surface area contributed by atoms with E-state index < -0.39 is 5.79 Å². The fourth-order valence-corrected chi connectivity index (χ4v) is 4.61. The third-order valence-electron chi connectivity index (χ3n) is 5.36. The Balaban J connectivity index is 1.43. The van der Waals surface area contributed by atoms with Crippen LogP contribution in [0.3, 0.4) is 0 Å². The van der Waals surface area contributed by atoms with Crippen LogP contribution in [0.2, 0.25) is 0 Å². The number of hydrogen-bond donors (Lipinski definition) is 0. The molecule has 0 unspecified atom stereocenters. The molecular formula is C27H29BrO4. The molecule has 0 amide bonds. The molecule has 1 fully saturated rings. The van der Waals surface area contributed by atoms with Crippen molar-refractivity contribution in [3.05, 3.63) is 94.5 Å². The van der Waals surface area contributed by atoms with Crippen LogP contribution in [0.1, 0.15) is 25.0 Å². The summed E-state index contributed by atoms with van der Waals surface area (Å²) in [5.41, 5.74) is 2.28. The number of benzene rings is 2. The summed E-state index contributed by atoms with van der Waals surface area (Å²) in [5, 5.41) is 0. The highest BCUT2D eigenvalue weighted by Crippen LogP contribution is 2.40. The summed E-state index contributed by atoms with van der Waals surface area (Å²) in [6.45, 7) is 4.77. The minimum atomic E-state index is -0.664. The molecule has 4 atom stereocenters. The van der Waals surface area contributed by atoms with Gasteiger partial charge >= 0.3 is 0 Å². The molecule has 1 saturated heterocycles. The number of halogens is 1. The second-order valence-corrected chi connectivity index (χ2v) is 9.21. The number of fused-ring (bicyclic) bond motifs is 1. The maximum absolute atomic E-state index is 6.30. The number of hydrogen-bond acceptors (Lipinski definition) is 4. The van der Waals surface area contributed by atoms with E-state index in [1.54, 1.807) is 0 Å². The molecule has 32 heavy (non-hydrogen) atoms. The van der Waals surface area contributed by atoms with Gasteiger partial charge in [0.15, 0.2) is 5.79 Å². The summed E-state index contributed by atoms with van der Waals surface area (Å²) in [4.78, 5) is 0. The molecule has 0 bridgehead atoms. The van der Waals surface area contributed by atoms with Crippen LogP contribution in [0.4, 0.5) is 0 Å². The highest BCUT2D eigenvalue weighted by atomic mass is 79.9. The van der Waals surface area contributed by atoms with Gasteiger partial charge in [-0.2, -0.15) is 0 Å². The second kappa shape index (κ2) is 10.7.